The van der Waals surface area contributed by atoms with Gasteiger partial charge in [-0.1, -0.05) is 32.0 Å². The largest absolute Gasteiger partial charge is 0.314 e. The summed E-state index contributed by atoms with van der Waals surface area (Å²) in [5.41, 5.74) is 4.72. The van der Waals surface area contributed by atoms with Crippen LogP contribution in [0.15, 0.2) is 18.2 Å². The van der Waals surface area contributed by atoms with Gasteiger partial charge in [0.05, 0.1) is 0 Å². The number of nitrogens with one attached hydrogen (secondary N) is 1. The van der Waals surface area contributed by atoms with E-state index in [0.717, 1.165) is 26.2 Å². The summed E-state index contributed by atoms with van der Waals surface area (Å²) in [6.07, 6.45) is 3.90. The lowest BCUT2D eigenvalue weighted by atomic mass is 9.99. The van der Waals surface area contributed by atoms with E-state index in [1.807, 2.05) is 0 Å². The van der Waals surface area contributed by atoms with Gasteiger partial charge in [-0.05, 0) is 49.0 Å². The molecule has 1 aromatic carbocycles. The van der Waals surface area contributed by atoms with E-state index in [-0.39, 0.29) is 0 Å². The minimum absolute atomic E-state index is 0.541. The van der Waals surface area contributed by atoms with Crippen LogP contribution in [0.1, 0.15) is 43.0 Å². The van der Waals surface area contributed by atoms with Gasteiger partial charge in [-0.2, -0.15) is 0 Å². The van der Waals surface area contributed by atoms with Gasteiger partial charge in [0.2, 0.25) is 0 Å². The third-order valence-corrected chi connectivity index (χ3v) is 5.40. The van der Waals surface area contributed by atoms with E-state index in [2.05, 4.69) is 47.2 Å². The van der Waals surface area contributed by atoms with Gasteiger partial charge in [0.25, 0.3) is 0 Å². The van der Waals surface area contributed by atoms with E-state index >= 15 is 0 Å². The van der Waals surface area contributed by atoms with Crippen LogP contribution in [0.4, 0.5) is 0 Å². The third kappa shape index (κ3) is 3.53. The smallest absolute Gasteiger partial charge is 0.0475 e. The summed E-state index contributed by atoms with van der Waals surface area (Å²) in [6.45, 7) is 12.6. The normalized spacial score (nSPS) is 20.3. The number of benzene rings is 1. The first kappa shape index (κ1) is 16.0. The number of nitrogens with zero attached hydrogens (tertiary/aromatic N) is 2. The van der Waals surface area contributed by atoms with Gasteiger partial charge >= 0.3 is 0 Å². The zero-order valence-electron chi connectivity index (χ0n) is 14.3. The van der Waals surface area contributed by atoms with E-state index in [4.69, 9.17) is 0 Å². The number of fused-ring (bicyclic) bond motifs is 1. The number of rotatable bonds is 6. The van der Waals surface area contributed by atoms with Crippen LogP contribution in [0.3, 0.4) is 0 Å². The molecule has 1 aromatic rings. The molecule has 1 heterocycles. The van der Waals surface area contributed by atoms with E-state index in [1.165, 1.54) is 44.5 Å². The number of hydrogen-bond acceptors (Lipinski definition) is 3. The molecule has 122 valence electrons. The zero-order chi connectivity index (χ0) is 15.4. The molecule has 1 aliphatic heterocycles. The molecule has 2 aliphatic rings. The molecule has 0 radical (unpaired) electrons. The molecule has 0 aromatic heterocycles. The predicted molar refractivity (Wildman–Crippen MR) is 93.4 cm³/mol. The highest BCUT2D eigenvalue weighted by Crippen LogP contribution is 2.28. The van der Waals surface area contributed by atoms with Crippen molar-refractivity contribution in [1.82, 2.24) is 15.1 Å². The highest BCUT2D eigenvalue weighted by atomic mass is 15.2. The van der Waals surface area contributed by atoms with E-state index in [1.54, 1.807) is 11.1 Å². The van der Waals surface area contributed by atoms with Crippen molar-refractivity contribution in [2.75, 3.05) is 45.8 Å². The van der Waals surface area contributed by atoms with Crippen LogP contribution in [0, 0.1) is 0 Å². The summed E-state index contributed by atoms with van der Waals surface area (Å²) < 4.78 is 0. The van der Waals surface area contributed by atoms with Gasteiger partial charge in [0, 0.05) is 38.8 Å². The fourth-order valence-corrected chi connectivity index (χ4v) is 4.03. The molecule has 0 amide bonds. The van der Waals surface area contributed by atoms with Crippen molar-refractivity contribution in [3.05, 3.63) is 34.9 Å². The highest BCUT2D eigenvalue weighted by Gasteiger charge is 2.23. The second-order valence-corrected chi connectivity index (χ2v) is 6.67. The lowest BCUT2D eigenvalue weighted by Gasteiger charge is -2.36. The van der Waals surface area contributed by atoms with E-state index in [0.29, 0.717) is 6.04 Å². The van der Waals surface area contributed by atoms with Crippen molar-refractivity contribution < 1.29 is 0 Å². The number of hydrogen-bond donors (Lipinski definition) is 1. The van der Waals surface area contributed by atoms with Crippen LogP contribution in [0.2, 0.25) is 0 Å². The Labute approximate surface area is 135 Å². The summed E-state index contributed by atoms with van der Waals surface area (Å²) in [4.78, 5) is 5.26. The fraction of sp³-hybridized carbons (Fsp3) is 0.684. The second-order valence-electron chi connectivity index (χ2n) is 6.67. The van der Waals surface area contributed by atoms with Crippen LogP contribution in [-0.2, 0) is 12.8 Å². The van der Waals surface area contributed by atoms with Crippen molar-refractivity contribution in [2.45, 2.75) is 39.2 Å². The molecule has 0 saturated carbocycles. The van der Waals surface area contributed by atoms with Gasteiger partial charge < -0.3 is 5.32 Å². The summed E-state index contributed by atoms with van der Waals surface area (Å²) in [7, 11) is 0. The molecule has 22 heavy (non-hydrogen) atoms. The van der Waals surface area contributed by atoms with Crippen LogP contribution in [0.5, 0.6) is 0 Å². The van der Waals surface area contributed by atoms with Gasteiger partial charge in [0.1, 0.15) is 0 Å². The number of piperazine rings is 1. The third-order valence-electron chi connectivity index (χ3n) is 5.40. The quantitative estimate of drug-likeness (QED) is 0.871. The maximum absolute atomic E-state index is 3.46. The molecule has 3 rings (SSSR count). The Morgan fingerprint density at radius 3 is 2.55 bits per heavy atom. The summed E-state index contributed by atoms with van der Waals surface area (Å²) in [6, 6.07) is 7.84. The van der Waals surface area contributed by atoms with Crippen LogP contribution in [0.25, 0.3) is 0 Å². The van der Waals surface area contributed by atoms with E-state index < -0.39 is 0 Å². The molecular formula is C19H31N3. The zero-order valence-corrected chi connectivity index (χ0v) is 14.3. The first-order valence-electron chi connectivity index (χ1n) is 9.10. The average Bonchev–Trinajstić information content (AvgIpc) is 3.03. The van der Waals surface area contributed by atoms with Gasteiger partial charge in [-0.25, -0.2) is 0 Å². The molecule has 3 heteroatoms. The van der Waals surface area contributed by atoms with Gasteiger partial charge in [0.15, 0.2) is 0 Å². The van der Waals surface area contributed by atoms with Crippen molar-refractivity contribution in [1.29, 1.82) is 0 Å². The Balaban J connectivity index is 1.80. The van der Waals surface area contributed by atoms with Crippen molar-refractivity contribution in [2.24, 2.45) is 0 Å². The molecule has 1 aliphatic carbocycles. The summed E-state index contributed by atoms with van der Waals surface area (Å²) >= 11 is 0. The Bertz CT molecular complexity index is 476. The van der Waals surface area contributed by atoms with Crippen LogP contribution < -0.4 is 5.32 Å². The molecule has 1 fully saturated rings. The first-order valence-corrected chi connectivity index (χ1v) is 9.10. The molecule has 1 atom stereocenters. The molecule has 0 spiro atoms. The Kier molecular flexibility index (Phi) is 5.51. The van der Waals surface area contributed by atoms with Gasteiger partial charge in [-0.3, -0.25) is 9.80 Å². The monoisotopic (exact) mass is 301 g/mol. The van der Waals surface area contributed by atoms with Crippen molar-refractivity contribution in [3.63, 3.8) is 0 Å². The average molecular weight is 301 g/mol. The lowest BCUT2D eigenvalue weighted by Crippen LogP contribution is -2.47. The Hall–Kier alpha value is -0.900. The SMILES string of the molecule is CCN(CC)C(CN1CCNCC1)c1ccc2c(c1)CCC2. The second kappa shape index (κ2) is 7.58. The lowest BCUT2D eigenvalue weighted by molar-refractivity contribution is 0.138. The summed E-state index contributed by atoms with van der Waals surface area (Å²) in [5.74, 6) is 0. The summed E-state index contributed by atoms with van der Waals surface area (Å²) in [5, 5.41) is 3.46. The van der Waals surface area contributed by atoms with Crippen LogP contribution in [-0.4, -0.2) is 55.6 Å². The Morgan fingerprint density at radius 1 is 1.09 bits per heavy atom. The Morgan fingerprint density at radius 2 is 1.82 bits per heavy atom. The van der Waals surface area contributed by atoms with Crippen LogP contribution >= 0.6 is 0 Å². The molecular weight excluding hydrogens is 270 g/mol. The minimum atomic E-state index is 0.541. The van der Waals surface area contributed by atoms with Crippen molar-refractivity contribution in [3.8, 4) is 0 Å². The van der Waals surface area contributed by atoms with E-state index in [9.17, 15) is 0 Å². The molecule has 0 bridgehead atoms. The molecule has 3 nitrogen and oxygen atoms in total. The topological polar surface area (TPSA) is 18.5 Å². The molecule has 1 N–H and O–H groups in total. The van der Waals surface area contributed by atoms with Crippen molar-refractivity contribution >= 4 is 0 Å². The minimum Gasteiger partial charge on any atom is -0.314 e. The number of likely N-dealkylation sites (N-methyl/N-ethyl adjacent to an activating group) is 1. The fourth-order valence-electron chi connectivity index (χ4n) is 4.03. The number of aryl methyl sites for hydroxylation is 2. The van der Waals surface area contributed by atoms with Gasteiger partial charge in [-0.15, -0.1) is 0 Å². The standard InChI is InChI=1S/C19H31N3/c1-3-22(4-2)19(15-21-12-10-20-11-13-21)18-9-8-16-6-5-7-17(16)14-18/h8-9,14,19-20H,3-7,10-13,15H2,1-2H3. The maximum atomic E-state index is 3.46. The highest BCUT2D eigenvalue weighted by molar-refractivity contribution is 5.36. The first-order chi connectivity index (χ1) is 10.8. The molecule has 1 unspecified atom stereocenters. The maximum Gasteiger partial charge on any atom is 0.0475 e. The molecule has 1 saturated heterocycles. The predicted octanol–water partition coefficient (Wildman–Crippen LogP) is 2.46.